The predicted molar refractivity (Wildman–Crippen MR) is 101 cm³/mol. The van der Waals surface area contributed by atoms with Crippen LogP contribution in [0.4, 0.5) is 10.5 Å². The molecule has 8 heteroatoms. The summed E-state index contributed by atoms with van der Waals surface area (Å²) in [6, 6.07) is 13.6. The first kappa shape index (κ1) is 18.0. The van der Waals surface area contributed by atoms with E-state index in [4.69, 9.17) is 16.3 Å². The van der Waals surface area contributed by atoms with Crippen LogP contribution in [0.2, 0.25) is 5.02 Å². The molecule has 3 amide bonds. The highest BCUT2D eigenvalue weighted by Gasteiger charge is 2.24. The van der Waals surface area contributed by atoms with Gasteiger partial charge in [0.25, 0.3) is 17.1 Å². The molecule has 0 unspecified atom stereocenters. The first-order valence-electron chi connectivity index (χ1n) is 7.53. The Morgan fingerprint density at radius 1 is 1.19 bits per heavy atom. The van der Waals surface area contributed by atoms with Crippen LogP contribution in [0, 0.1) is 0 Å². The molecule has 1 aliphatic rings. The van der Waals surface area contributed by atoms with Gasteiger partial charge in [0.05, 0.1) is 4.91 Å². The van der Waals surface area contributed by atoms with E-state index in [1.54, 1.807) is 54.6 Å². The van der Waals surface area contributed by atoms with Crippen molar-refractivity contribution in [3.63, 3.8) is 0 Å². The number of imide groups is 1. The van der Waals surface area contributed by atoms with Crippen molar-refractivity contribution in [1.29, 1.82) is 0 Å². The number of benzene rings is 2. The molecule has 0 atom stereocenters. The summed E-state index contributed by atoms with van der Waals surface area (Å²) in [5, 5.41) is 5.03. The minimum absolute atomic E-state index is 0.153. The second kappa shape index (κ2) is 8.07. The number of hydrogen-bond acceptors (Lipinski definition) is 5. The Balaban J connectivity index is 1.54. The third-order valence-corrected chi connectivity index (χ3v) is 4.34. The maximum Gasteiger partial charge on any atom is 0.290 e. The molecule has 0 bridgehead atoms. The Kier molecular flexibility index (Phi) is 5.60. The van der Waals surface area contributed by atoms with Gasteiger partial charge in [0.1, 0.15) is 5.75 Å². The lowest BCUT2D eigenvalue weighted by molar-refractivity contribution is -0.118. The van der Waals surface area contributed by atoms with E-state index < -0.39 is 5.91 Å². The average molecular weight is 389 g/mol. The maximum absolute atomic E-state index is 11.9. The molecule has 3 rings (SSSR count). The van der Waals surface area contributed by atoms with Crippen molar-refractivity contribution in [3.8, 4) is 5.75 Å². The average Bonchev–Trinajstić information content (AvgIpc) is 2.91. The van der Waals surface area contributed by atoms with Gasteiger partial charge in [-0.1, -0.05) is 29.8 Å². The molecule has 6 nitrogen and oxygen atoms in total. The summed E-state index contributed by atoms with van der Waals surface area (Å²) in [6.45, 7) is -0.153. The lowest BCUT2D eigenvalue weighted by Gasteiger charge is -2.08. The van der Waals surface area contributed by atoms with Gasteiger partial charge in [-0.2, -0.15) is 0 Å². The van der Waals surface area contributed by atoms with Crippen molar-refractivity contribution in [2.75, 3.05) is 11.9 Å². The van der Waals surface area contributed by atoms with Gasteiger partial charge in [0, 0.05) is 10.7 Å². The van der Waals surface area contributed by atoms with E-state index in [1.807, 2.05) is 0 Å². The molecule has 26 heavy (non-hydrogen) atoms. The zero-order chi connectivity index (χ0) is 18.5. The highest BCUT2D eigenvalue weighted by Crippen LogP contribution is 2.26. The SMILES string of the molecule is O=C(COc1ccc(/C=C2\SC(=O)NC2=O)cc1)Nc1cccc(Cl)c1. The van der Waals surface area contributed by atoms with Crippen molar-refractivity contribution < 1.29 is 19.1 Å². The summed E-state index contributed by atoms with van der Waals surface area (Å²) in [6.07, 6.45) is 1.61. The zero-order valence-electron chi connectivity index (χ0n) is 13.3. The standard InChI is InChI=1S/C18H13ClN2O4S/c19-12-2-1-3-13(9-12)20-16(22)10-25-14-6-4-11(5-7-14)8-15-17(23)21-18(24)26-15/h1-9H,10H2,(H,20,22)(H,21,23,24)/b15-8-. The highest BCUT2D eigenvalue weighted by atomic mass is 35.5. The first-order chi connectivity index (χ1) is 12.5. The third-order valence-electron chi connectivity index (χ3n) is 3.30. The second-order valence-electron chi connectivity index (χ2n) is 5.27. The molecule has 2 N–H and O–H groups in total. The fraction of sp³-hybridized carbons (Fsp3) is 0.0556. The Morgan fingerprint density at radius 2 is 1.96 bits per heavy atom. The van der Waals surface area contributed by atoms with Gasteiger partial charge in [-0.05, 0) is 53.7 Å². The first-order valence-corrected chi connectivity index (χ1v) is 8.72. The van der Waals surface area contributed by atoms with Crippen molar-refractivity contribution in [3.05, 3.63) is 64.0 Å². The van der Waals surface area contributed by atoms with Crippen LogP contribution in [-0.4, -0.2) is 23.7 Å². The molecule has 0 aliphatic carbocycles. The number of carbonyl (C=O) groups excluding carboxylic acids is 3. The molecule has 0 aromatic heterocycles. The van der Waals surface area contributed by atoms with Crippen molar-refractivity contribution in [2.24, 2.45) is 0 Å². The zero-order valence-corrected chi connectivity index (χ0v) is 14.9. The Hall–Kier alpha value is -2.77. The normalized spacial score (nSPS) is 15.0. The minimum atomic E-state index is -0.405. The molecule has 132 valence electrons. The van der Waals surface area contributed by atoms with Crippen LogP contribution >= 0.6 is 23.4 Å². The Morgan fingerprint density at radius 3 is 2.62 bits per heavy atom. The van der Waals surface area contributed by atoms with E-state index in [1.165, 1.54) is 0 Å². The highest BCUT2D eigenvalue weighted by molar-refractivity contribution is 8.18. The van der Waals surface area contributed by atoms with Crippen molar-refractivity contribution >= 4 is 52.2 Å². The predicted octanol–water partition coefficient (Wildman–Crippen LogP) is 3.68. The van der Waals surface area contributed by atoms with Gasteiger partial charge in [-0.15, -0.1) is 0 Å². The summed E-state index contributed by atoms with van der Waals surface area (Å²) in [7, 11) is 0. The number of hydrogen-bond donors (Lipinski definition) is 2. The molecular weight excluding hydrogens is 376 g/mol. The largest absolute Gasteiger partial charge is 0.484 e. The molecular formula is C18H13ClN2O4S. The topological polar surface area (TPSA) is 84.5 Å². The van der Waals surface area contributed by atoms with Gasteiger partial charge in [-0.3, -0.25) is 19.7 Å². The number of anilines is 1. The molecule has 2 aromatic rings. The summed E-state index contributed by atoms with van der Waals surface area (Å²) in [5.74, 6) is -0.206. The van der Waals surface area contributed by atoms with Crippen LogP contribution in [0.15, 0.2) is 53.4 Å². The van der Waals surface area contributed by atoms with Crippen LogP contribution in [0.25, 0.3) is 6.08 Å². The van der Waals surface area contributed by atoms with Crippen LogP contribution in [-0.2, 0) is 9.59 Å². The van der Waals surface area contributed by atoms with E-state index >= 15 is 0 Å². The molecule has 1 saturated heterocycles. The third kappa shape index (κ3) is 4.87. The van der Waals surface area contributed by atoms with Crippen LogP contribution in [0.1, 0.15) is 5.56 Å². The number of halogens is 1. The monoisotopic (exact) mass is 388 g/mol. The van der Waals surface area contributed by atoms with Gasteiger partial charge < -0.3 is 10.1 Å². The van der Waals surface area contributed by atoms with Gasteiger partial charge >= 0.3 is 0 Å². The van der Waals surface area contributed by atoms with E-state index in [0.29, 0.717) is 21.4 Å². The maximum atomic E-state index is 11.9. The van der Waals surface area contributed by atoms with E-state index in [-0.39, 0.29) is 17.8 Å². The lowest BCUT2D eigenvalue weighted by Crippen LogP contribution is -2.20. The molecule has 1 heterocycles. The number of rotatable bonds is 5. The van der Waals surface area contributed by atoms with Gasteiger partial charge in [-0.25, -0.2) is 0 Å². The molecule has 0 spiro atoms. The summed E-state index contributed by atoms with van der Waals surface area (Å²) >= 11 is 6.72. The van der Waals surface area contributed by atoms with Crippen LogP contribution in [0.3, 0.4) is 0 Å². The Bertz CT molecular complexity index is 896. The van der Waals surface area contributed by atoms with Crippen LogP contribution in [0.5, 0.6) is 5.75 Å². The number of nitrogens with one attached hydrogen (secondary N) is 2. The summed E-state index contributed by atoms with van der Waals surface area (Å²) in [5.41, 5.74) is 1.34. The molecule has 1 fully saturated rings. The fourth-order valence-electron chi connectivity index (χ4n) is 2.14. The summed E-state index contributed by atoms with van der Waals surface area (Å²) in [4.78, 5) is 34.9. The van der Waals surface area contributed by atoms with Gasteiger partial charge in [0.2, 0.25) is 0 Å². The number of carbonyl (C=O) groups is 3. The number of ether oxygens (including phenoxy) is 1. The van der Waals surface area contributed by atoms with Crippen LogP contribution < -0.4 is 15.4 Å². The second-order valence-corrected chi connectivity index (χ2v) is 6.72. The van der Waals surface area contributed by atoms with Gasteiger partial charge in [0.15, 0.2) is 6.61 Å². The van der Waals surface area contributed by atoms with Crippen molar-refractivity contribution in [2.45, 2.75) is 0 Å². The lowest BCUT2D eigenvalue weighted by atomic mass is 10.2. The number of thioether (sulfide) groups is 1. The molecule has 1 aliphatic heterocycles. The molecule has 0 saturated carbocycles. The molecule has 0 radical (unpaired) electrons. The Labute approximate surface area is 158 Å². The van der Waals surface area contributed by atoms with E-state index in [0.717, 1.165) is 17.3 Å². The molecule has 2 aromatic carbocycles. The fourth-order valence-corrected chi connectivity index (χ4v) is 3.02. The summed E-state index contributed by atoms with van der Waals surface area (Å²) < 4.78 is 5.43. The van der Waals surface area contributed by atoms with E-state index in [9.17, 15) is 14.4 Å². The van der Waals surface area contributed by atoms with E-state index in [2.05, 4.69) is 10.6 Å². The quantitative estimate of drug-likeness (QED) is 0.763. The number of amides is 3. The smallest absolute Gasteiger partial charge is 0.290 e. The minimum Gasteiger partial charge on any atom is -0.484 e. The van der Waals surface area contributed by atoms with Crippen molar-refractivity contribution in [1.82, 2.24) is 5.32 Å².